The van der Waals surface area contributed by atoms with Crippen molar-refractivity contribution in [2.24, 2.45) is 5.73 Å². The molecule has 0 heterocycles. The fourth-order valence-electron chi connectivity index (χ4n) is 0.852. The van der Waals surface area contributed by atoms with Crippen LogP contribution in [0.1, 0.15) is 13.8 Å². The van der Waals surface area contributed by atoms with E-state index in [0.717, 1.165) is 6.26 Å². The van der Waals surface area contributed by atoms with Gasteiger partial charge >= 0.3 is 0 Å². The van der Waals surface area contributed by atoms with Gasteiger partial charge in [-0.15, -0.1) is 0 Å². The summed E-state index contributed by atoms with van der Waals surface area (Å²) in [6.45, 7) is 3.00. The monoisotopic (exact) mass is 252 g/mol. The minimum atomic E-state index is -3.38. The van der Waals surface area contributed by atoms with Gasteiger partial charge in [-0.25, -0.2) is 8.42 Å². The van der Waals surface area contributed by atoms with Crippen LogP contribution in [0.4, 0.5) is 0 Å². The largest absolute Gasteiger partial charge is 0.392 e. The van der Waals surface area contributed by atoms with Crippen LogP contribution < -0.4 is 5.73 Å². The van der Waals surface area contributed by atoms with Gasteiger partial charge in [0.1, 0.15) is 5.25 Å². The number of hydrogen-bond donors (Lipinski definition) is 1. The molecule has 2 unspecified atom stereocenters. The van der Waals surface area contributed by atoms with Crippen LogP contribution in [0.3, 0.4) is 0 Å². The summed E-state index contributed by atoms with van der Waals surface area (Å²) in [6.07, 6.45) is 1.02. The molecule has 0 saturated carbocycles. The van der Waals surface area contributed by atoms with E-state index in [-0.39, 0.29) is 4.99 Å². The molecule has 0 spiro atoms. The fourth-order valence-corrected chi connectivity index (χ4v) is 1.54. The summed E-state index contributed by atoms with van der Waals surface area (Å²) in [5.41, 5.74) is 5.37. The van der Waals surface area contributed by atoms with E-state index >= 15 is 0 Å². The van der Waals surface area contributed by atoms with E-state index in [2.05, 4.69) is 0 Å². The average Bonchev–Trinajstić information content (AvgIpc) is 2.11. The lowest BCUT2D eigenvalue weighted by atomic mass is 10.3. The molecule has 0 radical (unpaired) electrons. The van der Waals surface area contributed by atoms with Gasteiger partial charge in [0.05, 0.1) is 11.0 Å². The molecule has 0 saturated heterocycles. The van der Waals surface area contributed by atoms with Gasteiger partial charge in [-0.3, -0.25) is 4.79 Å². The van der Waals surface area contributed by atoms with E-state index in [1.807, 2.05) is 0 Å². The predicted molar refractivity (Wildman–Crippen MR) is 63.3 cm³/mol. The van der Waals surface area contributed by atoms with Crippen LogP contribution in [0.25, 0.3) is 0 Å². The quantitative estimate of drug-likeness (QED) is 0.686. The smallest absolute Gasteiger partial charge is 0.240 e. The molecular weight excluding hydrogens is 236 g/mol. The maximum absolute atomic E-state index is 11.7. The van der Waals surface area contributed by atoms with Gasteiger partial charge in [0.2, 0.25) is 5.91 Å². The highest BCUT2D eigenvalue weighted by molar-refractivity contribution is 7.92. The van der Waals surface area contributed by atoms with Crippen molar-refractivity contribution in [1.29, 1.82) is 0 Å². The van der Waals surface area contributed by atoms with E-state index in [1.54, 1.807) is 6.92 Å². The van der Waals surface area contributed by atoms with Gasteiger partial charge in [-0.1, -0.05) is 12.2 Å². The van der Waals surface area contributed by atoms with Crippen LogP contribution in [-0.4, -0.2) is 48.8 Å². The summed E-state index contributed by atoms with van der Waals surface area (Å²) in [5, 5.41) is -1.07. The number of amides is 1. The Labute approximate surface area is 95.5 Å². The first-order chi connectivity index (χ1) is 6.59. The summed E-state index contributed by atoms with van der Waals surface area (Å²) in [6, 6.07) is -0.448. The third-order valence-electron chi connectivity index (χ3n) is 2.33. The van der Waals surface area contributed by atoms with E-state index in [9.17, 15) is 13.2 Å². The number of nitrogens with two attached hydrogens (primary N) is 1. The lowest BCUT2D eigenvalue weighted by Gasteiger charge is -2.26. The van der Waals surface area contributed by atoms with Gasteiger partial charge in [-0.2, -0.15) is 0 Å². The van der Waals surface area contributed by atoms with Crippen molar-refractivity contribution >= 4 is 33.0 Å². The number of sulfone groups is 1. The molecule has 2 atom stereocenters. The Kier molecular flexibility index (Phi) is 4.66. The molecular formula is C8H16N2O3S2. The summed E-state index contributed by atoms with van der Waals surface area (Å²) < 4.78 is 22.3. The molecule has 0 aliphatic heterocycles. The lowest BCUT2D eigenvalue weighted by molar-refractivity contribution is -0.129. The molecule has 0 fully saturated rings. The molecule has 7 heteroatoms. The molecule has 0 bridgehead atoms. The lowest BCUT2D eigenvalue weighted by Crippen LogP contribution is -2.47. The molecule has 0 rings (SSSR count). The maximum Gasteiger partial charge on any atom is 0.240 e. The van der Waals surface area contributed by atoms with Crippen molar-refractivity contribution in [3.63, 3.8) is 0 Å². The molecule has 5 nitrogen and oxygen atoms in total. The van der Waals surface area contributed by atoms with Gasteiger partial charge < -0.3 is 10.6 Å². The maximum atomic E-state index is 11.7. The summed E-state index contributed by atoms with van der Waals surface area (Å²) >= 11 is 4.73. The molecule has 15 heavy (non-hydrogen) atoms. The highest BCUT2D eigenvalue weighted by atomic mass is 32.2. The molecule has 0 aliphatic rings. The zero-order valence-corrected chi connectivity index (χ0v) is 10.9. The number of carbonyl (C=O) groups excluding carboxylic acids is 1. The van der Waals surface area contributed by atoms with E-state index < -0.39 is 27.0 Å². The van der Waals surface area contributed by atoms with Crippen molar-refractivity contribution in [2.75, 3.05) is 13.3 Å². The van der Waals surface area contributed by atoms with Crippen LogP contribution in [0.2, 0.25) is 0 Å². The minimum absolute atomic E-state index is 0.159. The van der Waals surface area contributed by atoms with Crippen molar-refractivity contribution < 1.29 is 13.2 Å². The third kappa shape index (κ3) is 3.75. The Hall–Kier alpha value is -0.690. The molecule has 0 aromatic heterocycles. The van der Waals surface area contributed by atoms with Gasteiger partial charge in [0, 0.05) is 13.3 Å². The van der Waals surface area contributed by atoms with Crippen molar-refractivity contribution in [2.45, 2.75) is 25.1 Å². The number of hydrogen-bond acceptors (Lipinski definition) is 4. The number of thiocarbonyl (C=S) groups is 1. The zero-order valence-electron chi connectivity index (χ0n) is 9.22. The van der Waals surface area contributed by atoms with Gasteiger partial charge in [0.25, 0.3) is 0 Å². The van der Waals surface area contributed by atoms with Crippen LogP contribution in [0, 0.1) is 0 Å². The third-order valence-corrected chi connectivity index (χ3v) is 4.16. The van der Waals surface area contributed by atoms with E-state index in [4.69, 9.17) is 18.0 Å². The Morgan fingerprint density at radius 2 is 1.80 bits per heavy atom. The first-order valence-electron chi connectivity index (χ1n) is 4.34. The zero-order chi connectivity index (χ0) is 12.4. The Morgan fingerprint density at radius 1 is 1.40 bits per heavy atom. The fraction of sp³-hybridized carbons (Fsp3) is 0.750. The first kappa shape index (κ1) is 14.3. The average molecular weight is 252 g/mol. The van der Waals surface area contributed by atoms with Crippen molar-refractivity contribution in [3.05, 3.63) is 0 Å². The summed E-state index contributed by atoms with van der Waals surface area (Å²) in [4.78, 5) is 13.1. The van der Waals surface area contributed by atoms with Gasteiger partial charge in [-0.05, 0) is 13.8 Å². The van der Waals surface area contributed by atoms with Crippen molar-refractivity contribution in [1.82, 2.24) is 4.90 Å². The molecule has 0 aliphatic carbocycles. The second-order valence-corrected chi connectivity index (χ2v) is 6.34. The van der Waals surface area contributed by atoms with E-state index in [0.29, 0.717) is 0 Å². The highest BCUT2D eigenvalue weighted by Gasteiger charge is 2.29. The standard InChI is InChI=1S/C8H16N2O3S2/c1-5(7(9)14)10(3)8(11)6(2)15(4,12)13/h5-6H,1-4H3,(H2,9,14). The highest BCUT2D eigenvalue weighted by Crippen LogP contribution is 2.06. The Balaban J connectivity index is 4.81. The van der Waals surface area contributed by atoms with Crippen LogP contribution in [-0.2, 0) is 14.6 Å². The number of carbonyl (C=O) groups is 1. The molecule has 0 aromatic rings. The summed E-state index contributed by atoms with van der Waals surface area (Å²) in [5.74, 6) is -0.502. The second kappa shape index (κ2) is 4.89. The van der Waals surface area contributed by atoms with Crippen molar-refractivity contribution in [3.8, 4) is 0 Å². The SMILES string of the molecule is CC(C(N)=S)N(C)C(=O)C(C)S(C)(=O)=O. The normalized spacial score (nSPS) is 15.5. The minimum Gasteiger partial charge on any atom is -0.392 e. The van der Waals surface area contributed by atoms with E-state index in [1.165, 1.54) is 18.9 Å². The topological polar surface area (TPSA) is 80.5 Å². The Morgan fingerprint density at radius 3 is 2.07 bits per heavy atom. The molecule has 1 amide bonds. The Bertz CT molecular complexity index is 364. The number of rotatable bonds is 4. The first-order valence-corrected chi connectivity index (χ1v) is 6.70. The predicted octanol–water partition coefficient (Wildman–Crippen LogP) is -0.447. The molecule has 0 aromatic carbocycles. The van der Waals surface area contributed by atoms with Crippen LogP contribution >= 0.6 is 12.2 Å². The number of nitrogens with zero attached hydrogens (tertiary/aromatic N) is 1. The second-order valence-electron chi connectivity index (χ2n) is 3.50. The number of likely N-dealkylation sites (N-methyl/N-ethyl adjacent to an activating group) is 1. The van der Waals surface area contributed by atoms with Crippen LogP contribution in [0.5, 0.6) is 0 Å². The van der Waals surface area contributed by atoms with Gasteiger partial charge in [0.15, 0.2) is 9.84 Å². The van der Waals surface area contributed by atoms with Crippen LogP contribution in [0.15, 0.2) is 0 Å². The summed E-state index contributed by atoms with van der Waals surface area (Å²) in [7, 11) is -1.90. The molecule has 2 N–H and O–H groups in total. The molecule has 88 valence electrons.